The summed E-state index contributed by atoms with van der Waals surface area (Å²) < 4.78 is 10.2. The van der Waals surface area contributed by atoms with E-state index in [2.05, 4.69) is 10.3 Å². The quantitative estimate of drug-likeness (QED) is 0.822. The molecule has 1 N–H and O–H groups in total. The van der Waals surface area contributed by atoms with Gasteiger partial charge in [-0.05, 0) is 31.2 Å². The molecule has 0 atom stereocenters. The molecule has 0 aliphatic rings. The molecule has 0 spiro atoms. The van der Waals surface area contributed by atoms with Gasteiger partial charge < -0.3 is 14.8 Å². The Kier molecular flexibility index (Phi) is 5.94. The Morgan fingerprint density at radius 2 is 2.00 bits per heavy atom. The molecule has 2 rings (SSSR count). The van der Waals surface area contributed by atoms with E-state index in [-0.39, 0.29) is 11.4 Å². The highest BCUT2D eigenvalue weighted by atomic mass is 35.5. The first-order valence-corrected chi connectivity index (χ1v) is 7.29. The van der Waals surface area contributed by atoms with E-state index in [0.29, 0.717) is 17.3 Å². The van der Waals surface area contributed by atoms with Crippen molar-refractivity contribution in [3.05, 3.63) is 53.2 Å². The van der Waals surface area contributed by atoms with E-state index in [0.717, 1.165) is 0 Å². The van der Waals surface area contributed by atoms with Crippen LogP contribution in [0.2, 0.25) is 5.02 Å². The second-order valence-electron chi connectivity index (χ2n) is 4.39. The van der Waals surface area contributed by atoms with Crippen LogP contribution in [0, 0.1) is 0 Å². The maximum atomic E-state index is 12.0. The molecule has 23 heavy (non-hydrogen) atoms. The Labute approximate surface area is 138 Å². The number of benzene rings is 1. The number of hydrogen-bond donors (Lipinski definition) is 1. The van der Waals surface area contributed by atoms with Crippen molar-refractivity contribution in [2.24, 2.45) is 0 Å². The molecule has 1 amide bonds. The summed E-state index contributed by atoms with van der Waals surface area (Å²) in [6.45, 7) is 1.70. The number of amides is 1. The second-order valence-corrected chi connectivity index (χ2v) is 4.80. The molecule has 0 aliphatic heterocycles. The zero-order valence-electron chi connectivity index (χ0n) is 12.4. The minimum Gasteiger partial charge on any atom is -0.477 e. The van der Waals surface area contributed by atoms with E-state index in [9.17, 15) is 9.59 Å². The van der Waals surface area contributed by atoms with Crippen LogP contribution in [0.3, 0.4) is 0 Å². The van der Waals surface area contributed by atoms with Gasteiger partial charge in [-0.25, -0.2) is 9.78 Å². The molecule has 0 radical (unpaired) electrons. The average Bonchev–Trinajstić information content (AvgIpc) is 2.55. The van der Waals surface area contributed by atoms with Crippen LogP contribution in [0.5, 0.6) is 5.88 Å². The standard InChI is InChI=1S/C16H15ClN2O4/c1-2-22-15-11(6-5-9-18-15)16(21)23-10-14(20)19-13-8-4-3-7-12(13)17/h3-9H,2,10H2,1H3,(H,19,20). The smallest absolute Gasteiger partial charge is 0.344 e. The summed E-state index contributed by atoms with van der Waals surface area (Å²) in [4.78, 5) is 27.8. The number of anilines is 1. The van der Waals surface area contributed by atoms with Crippen LogP contribution < -0.4 is 10.1 Å². The molecule has 0 fully saturated rings. The van der Waals surface area contributed by atoms with Crippen LogP contribution >= 0.6 is 11.6 Å². The molecular formula is C16H15ClN2O4. The summed E-state index contributed by atoms with van der Waals surface area (Å²) in [6.07, 6.45) is 1.51. The predicted molar refractivity (Wildman–Crippen MR) is 85.8 cm³/mol. The summed E-state index contributed by atoms with van der Waals surface area (Å²) in [7, 11) is 0. The molecule has 1 aromatic heterocycles. The monoisotopic (exact) mass is 334 g/mol. The number of halogens is 1. The number of carbonyl (C=O) groups excluding carboxylic acids is 2. The molecule has 0 saturated heterocycles. The first-order chi connectivity index (χ1) is 11.1. The molecule has 1 heterocycles. The van der Waals surface area contributed by atoms with Crippen molar-refractivity contribution in [1.82, 2.24) is 4.98 Å². The molecule has 120 valence electrons. The van der Waals surface area contributed by atoms with E-state index >= 15 is 0 Å². The number of nitrogens with one attached hydrogen (secondary N) is 1. The maximum Gasteiger partial charge on any atom is 0.344 e. The van der Waals surface area contributed by atoms with Crippen molar-refractivity contribution in [3.63, 3.8) is 0 Å². The van der Waals surface area contributed by atoms with E-state index in [1.54, 1.807) is 37.3 Å². The molecule has 0 aliphatic carbocycles. The lowest BCUT2D eigenvalue weighted by atomic mass is 10.3. The fourth-order valence-electron chi connectivity index (χ4n) is 1.76. The van der Waals surface area contributed by atoms with Crippen molar-refractivity contribution in [2.75, 3.05) is 18.5 Å². The van der Waals surface area contributed by atoms with Crippen LogP contribution in [-0.4, -0.2) is 30.1 Å². The third-order valence-corrected chi connectivity index (χ3v) is 3.08. The molecule has 7 heteroatoms. The van der Waals surface area contributed by atoms with Gasteiger partial charge in [0, 0.05) is 6.20 Å². The number of pyridine rings is 1. The summed E-state index contributed by atoms with van der Waals surface area (Å²) in [5, 5.41) is 2.96. The van der Waals surface area contributed by atoms with E-state index in [1.165, 1.54) is 12.3 Å². The van der Waals surface area contributed by atoms with Crippen molar-refractivity contribution >= 4 is 29.2 Å². The number of rotatable bonds is 6. The van der Waals surface area contributed by atoms with Gasteiger partial charge in [0.25, 0.3) is 5.91 Å². The summed E-state index contributed by atoms with van der Waals surface area (Å²) in [5.74, 6) is -1.00. The number of carbonyl (C=O) groups is 2. The normalized spacial score (nSPS) is 10.0. The van der Waals surface area contributed by atoms with Crippen LogP contribution in [-0.2, 0) is 9.53 Å². The number of esters is 1. The Balaban J connectivity index is 1.94. The fraction of sp³-hybridized carbons (Fsp3) is 0.188. The largest absolute Gasteiger partial charge is 0.477 e. The number of nitrogens with zero attached hydrogens (tertiary/aromatic N) is 1. The van der Waals surface area contributed by atoms with Crippen molar-refractivity contribution in [1.29, 1.82) is 0 Å². The number of aromatic nitrogens is 1. The molecular weight excluding hydrogens is 320 g/mol. The number of para-hydroxylation sites is 1. The van der Waals surface area contributed by atoms with Gasteiger partial charge in [0.1, 0.15) is 5.56 Å². The Bertz CT molecular complexity index is 706. The summed E-state index contributed by atoms with van der Waals surface area (Å²) in [5.41, 5.74) is 0.617. The first kappa shape index (κ1) is 16.8. The zero-order valence-corrected chi connectivity index (χ0v) is 13.2. The first-order valence-electron chi connectivity index (χ1n) is 6.91. The highest BCUT2D eigenvalue weighted by molar-refractivity contribution is 6.33. The van der Waals surface area contributed by atoms with Crippen LogP contribution in [0.1, 0.15) is 17.3 Å². The number of hydrogen-bond acceptors (Lipinski definition) is 5. The zero-order chi connectivity index (χ0) is 16.7. The minimum absolute atomic E-state index is 0.167. The molecule has 0 bridgehead atoms. The van der Waals surface area contributed by atoms with E-state index < -0.39 is 18.5 Å². The SMILES string of the molecule is CCOc1ncccc1C(=O)OCC(=O)Nc1ccccc1Cl. The van der Waals surface area contributed by atoms with Gasteiger partial charge in [-0.1, -0.05) is 23.7 Å². The van der Waals surface area contributed by atoms with E-state index in [1.807, 2.05) is 0 Å². The van der Waals surface area contributed by atoms with Crippen LogP contribution in [0.4, 0.5) is 5.69 Å². The van der Waals surface area contributed by atoms with Crippen molar-refractivity contribution in [2.45, 2.75) is 6.92 Å². The van der Waals surface area contributed by atoms with Crippen molar-refractivity contribution < 1.29 is 19.1 Å². The van der Waals surface area contributed by atoms with Gasteiger partial charge in [0.2, 0.25) is 5.88 Å². The third-order valence-electron chi connectivity index (χ3n) is 2.75. The number of ether oxygens (including phenoxy) is 2. The second kappa shape index (κ2) is 8.14. The summed E-state index contributed by atoms with van der Waals surface area (Å²) >= 11 is 5.94. The predicted octanol–water partition coefficient (Wildman–Crippen LogP) is 2.93. The Morgan fingerprint density at radius 1 is 1.22 bits per heavy atom. The molecule has 2 aromatic rings. The third kappa shape index (κ3) is 4.69. The average molecular weight is 335 g/mol. The van der Waals surface area contributed by atoms with Crippen LogP contribution in [0.25, 0.3) is 0 Å². The molecule has 0 unspecified atom stereocenters. The lowest BCUT2D eigenvalue weighted by Gasteiger charge is -2.09. The summed E-state index contributed by atoms with van der Waals surface area (Å²) in [6, 6.07) is 9.88. The van der Waals surface area contributed by atoms with Gasteiger partial charge in [0.05, 0.1) is 17.3 Å². The topological polar surface area (TPSA) is 77.5 Å². The van der Waals surface area contributed by atoms with Gasteiger partial charge in [-0.3, -0.25) is 4.79 Å². The fourth-order valence-corrected chi connectivity index (χ4v) is 1.94. The van der Waals surface area contributed by atoms with Gasteiger partial charge in [-0.2, -0.15) is 0 Å². The van der Waals surface area contributed by atoms with Gasteiger partial charge >= 0.3 is 5.97 Å². The molecule has 6 nitrogen and oxygen atoms in total. The van der Waals surface area contributed by atoms with Gasteiger partial charge in [0.15, 0.2) is 6.61 Å². The minimum atomic E-state index is -0.684. The van der Waals surface area contributed by atoms with Crippen molar-refractivity contribution in [3.8, 4) is 5.88 Å². The van der Waals surface area contributed by atoms with Crippen LogP contribution in [0.15, 0.2) is 42.6 Å². The van der Waals surface area contributed by atoms with E-state index in [4.69, 9.17) is 21.1 Å². The lowest BCUT2D eigenvalue weighted by Crippen LogP contribution is -2.21. The lowest BCUT2D eigenvalue weighted by molar-refractivity contribution is -0.119. The highest BCUT2D eigenvalue weighted by Gasteiger charge is 2.16. The highest BCUT2D eigenvalue weighted by Crippen LogP contribution is 2.20. The molecule has 1 aromatic carbocycles. The maximum absolute atomic E-state index is 12.0. The Hall–Kier alpha value is -2.60. The van der Waals surface area contributed by atoms with Gasteiger partial charge in [-0.15, -0.1) is 0 Å². The Morgan fingerprint density at radius 3 is 2.74 bits per heavy atom. The molecule has 0 saturated carbocycles.